The lowest BCUT2D eigenvalue weighted by molar-refractivity contribution is -0.122. The normalized spacial score (nSPS) is 13.2. The Morgan fingerprint density at radius 1 is 0.974 bits per heavy atom. The van der Waals surface area contributed by atoms with E-state index in [2.05, 4.69) is 0 Å². The molecule has 0 radical (unpaired) electrons. The fraction of sp³-hybridized carbons (Fsp3) is 0.310. The van der Waals surface area contributed by atoms with Crippen LogP contribution in [0, 0.1) is 11.6 Å². The van der Waals surface area contributed by atoms with Crippen molar-refractivity contribution in [2.45, 2.75) is 63.1 Å². The van der Waals surface area contributed by atoms with Crippen molar-refractivity contribution in [3.8, 4) is 0 Å². The molecule has 208 valence electrons. The van der Waals surface area contributed by atoms with E-state index in [0.29, 0.717) is 39.5 Å². The van der Waals surface area contributed by atoms with Gasteiger partial charge in [-0.3, -0.25) is 4.79 Å². The van der Waals surface area contributed by atoms with Gasteiger partial charge in [0.2, 0.25) is 5.91 Å². The van der Waals surface area contributed by atoms with Crippen LogP contribution in [0.4, 0.5) is 8.78 Å². The van der Waals surface area contributed by atoms with Gasteiger partial charge in [-0.15, -0.1) is 0 Å². The van der Waals surface area contributed by atoms with Crippen LogP contribution in [0.5, 0.6) is 0 Å². The van der Waals surface area contributed by atoms with Gasteiger partial charge < -0.3 is 10.5 Å². The number of amides is 1. The lowest BCUT2D eigenvalue weighted by atomic mass is 10.0. The third kappa shape index (κ3) is 9.23. The number of rotatable bonds is 11. The molecule has 0 heterocycles. The Morgan fingerprint density at radius 2 is 1.56 bits per heavy atom. The molecular weight excluding hydrogens is 546 g/mol. The molecule has 2 N–H and O–H groups in total. The summed E-state index contributed by atoms with van der Waals surface area (Å²) in [5, 5.41) is 0.466. The second-order valence-corrected chi connectivity index (χ2v) is 11.9. The van der Waals surface area contributed by atoms with Gasteiger partial charge in [-0.05, 0) is 99.7 Å². The van der Waals surface area contributed by atoms with E-state index in [1.54, 1.807) is 69.3 Å². The first-order chi connectivity index (χ1) is 18.3. The minimum atomic E-state index is -1.80. The second kappa shape index (κ2) is 13.3. The van der Waals surface area contributed by atoms with Crippen LogP contribution in [0.2, 0.25) is 5.02 Å². The van der Waals surface area contributed by atoms with E-state index >= 15 is 0 Å². The van der Waals surface area contributed by atoms with E-state index in [4.69, 9.17) is 22.1 Å². The maximum atomic E-state index is 13.7. The maximum Gasteiger partial charge on any atom is 0.338 e. The molecule has 10 heteroatoms. The van der Waals surface area contributed by atoms with Crippen molar-refractivity contribution in [1.29, 1.82) is 0 Å². The van der Waals surface area contributed by atoms with Crippen LogP contribution in [0.1, 0.15) is 55.1 Å². The average Bonchev–Trinajstić information content (AvgIpc) is 2.84. The molecule has 3 aromatic rings. The summed E-state index contributed by atoms with van der Waals surface area (Å²) in [6, 6.07) is 15.3. The van der Waals surface area contributed by atoms with E-state index in [1.807, 2.05) is 0 Å². The highest BCUT2D eigenvalue weighted by atomic mass is 35.5. The molecule has 3 rings (SSSR count). The molecule has 0 spiro atoms. The number of hydrogen-bond acceptors (Lipinski definition) is 4. The third-order valence-corrected chi connectivity index (χ3v) is 7.43. The van der Waals surface area contributed by atoms with Crippen LogP contribution in [0.15, 0.2) is 71.6 Å². The van der Waals surface area contributed by atoms with Gasteiger partial charge in [-0.2, -0.15) is 0 Å². The van der Waals surface area contributed by atoms with Crippen molar-refractivity contribution < 1.29 is 27.3 Å². The first kappa shape index (κ1) is 30.4. The predicted molar refractivity (Wildman–Crippen MR) is 147 cm³/mol. The minimum Gasteiger partial charge on any atom is -0.456 e. The summed E-state index contributed by atoms with van der Waals surface area (Å²) in [6.45, 7) is 5.40. The molecule has 0 fully saturated rings. The number of halogens is 3. The van der Waals surface area contributed by atoms with Crippen LogP contribution in [0.3, 0.4) is 0 Å². The topological polar surface area (TPSA) is 89.7 Å². The second-order valence-electron chi connectivity index (χ2n) is 10.1. The lowest BCUT2D eigenvalue weighted by Crippen LogP contribution is -2.45. The van der Waals surface area contributed by atoms with Gasteiger partial charge in [0.25, 0.3) is 0 Å². The minimum absolute atomic E-state index is 0.0754. The van der Waals surface area contributed by atoms with Crippen LogP contribution in [-0.4, -0.2) is 32.0 Å². The first-order valence-corrected chi connectivity index (χ1v) is 13.8. The molecule has 0 aromatic heterocycles. The number of hydrogen-bond donors (Lipinski definition) is 1. The van der Waals surface area contributed by atoms with E-state index in [0.717, 1.165) is 6.07 Å². The highest BCUT2D eigenvalue weighted by Gasteiger charge is 2.29. The van der Waals surface area contributed by atoms with E-state index in [1.165, 1.54) is 16.4 Å². The monoisotopic (exact) mass is 576 g/mol. The van der Waals surface area contributed by atoms with Gasteiger partial charge in [0.15, 0.2) is 0 Å². The number of primary amides is 1. The SMILES string of the molecule is CC(C)(C)OC(=O)c1ccc(CN(C(CCCc2cc(F)cc(F)c2)C(N)=O)S(=O)c2ccc(Cl)cc2)cc1. The summed E-state index contributed by atoms with van der Waals surface area (Å²) in [7, 11) is -1.80. The summed E-state index contributed by atoms with van der Waals surface area (Å²) in [6.07, 6.45) is 0.857. The number of benzene rings is 3. The van der Waals surface area contributed by atoms with Gasteiger partial charge >= 0.3 is 5.97 Å². The standard InChI is InChI=1S/C29H31ClF2N2O4S/c1-29(2,3)38-28(36)21-9-7-19(8-10-21)18-34(39(37)25-13-11-22(30)12-14-25)26(27(33)35)6-4-5-20-15-23(31)17-24(32)16-20/h7-17,26H,4-6,18H2,1-3H3,(H2,33,35). The van der Waals surface area contributed by atoms with Gasteiger partial charge in [0.05, 0.1) is 10.5 Å². The van der Waals surface area contributed by atoms with Gasteiger partial charge in [-0.25, -0.2) is 22.1 Å². The third-order valence-electron chi connectivity index (χ3n) is 5.70. The van der Waals surface area contributed by atoms with Crippen LogP contribution < -0.4 is 5.73 Å². The average molecular weight is 577 g/mol. The quantitative estimate of drug-likeness (QED) is 0.285. The summed E-state index contributed by atoms with van der Waals surface area (Å²) >= 11 is 5.99. The predicted octanol–water partition coefficient (Wildman–Crippen LogP) is 5.98. The fourth-order valence-corrected chi connectivity index (χ4v) is 5.39. The number of nitrogens with zero attached hydrogens (tertiary/aromatic N) is 1. The van der Waals surface area contributed by atoms with Crippen molar-refractivity contribution >= 4 is 34.5 Å². The zero-order chi connectivity index (χ0) is 28.7. The molecule has 0 saturated heterocycles. The smallest absolute Gasteiger partial charge is 0.338 e. The zero-order valence-electron chi connectivity index (χ0n) is 22.0. The van der Waals surface area contributed by atoms with E-state index in [9.17, 15) is 22.6 Å². The molecule has 0 bridgehead atoms. The Labute approximate surface area is 234 Å². The molecule has 6 nitrogen and oxygen atoms in total. The zero-order valence-corrected chi connectivity index (χ0v) is 23.5. The van der Waals surface area contributed by atoms with Crippen molar-refractivity contribution in [2.24, 2.45) is 5.73 Å². The van der Waals surface area contributed by atoms with Gasteiger partial charge in [0.1, 0.15) is 34.3 Å². The Bertz CT molecular complexity index is 1310. The first-order valence-electron chi connectivity index (χ1n) is 12.3. The number of ether oxygens (including phenoxy) is 1. The molecule has 0 aliphatic carbocycles. The Morgan fingerprint density at radius 3 is 2.10 bits per heavy atom. The van der Waals surface area contributed by atoms with Gasteiger partial charge in [-0.1, -0.05) is 23.7 Å². The summed E-state index contributed by atoms with van der Waals surface area (Å²) in [4.78, 5) is 25.4. The summed E-state index contributed by atoms with van der Waals surface area (Å²) in [5.41, 5.74) is 6.60. The molecule has 2 unspecified atom stereocenters. The summed E-state index contributed by atoms with van der Waals surface area (Å²) < 4.78 is 47.7. The largest absolute Gasteiger partial charge is 0.456 e. The Kier molecular flexibility index (Phi) is 10.4. The molecule has 0 aliphatic rings. The number of nitrogens with two attached hydrogens (primary N) is 1. The number of carbonyl (C=O) groups is 2. The fourth-order valence-electron chi connectivity index (χ4n) is 3.92. The number of aryl methyl sites for hydroxylation is 1. The van der Waals surface area contributed by atoms with Crippen LogP contribution >= 0.6 is 11.6 Å². The number of carbonyl (C=O) groups excluding carboxylic acids is 2. The van der Waals surface area contributed by atoms with Crippen molar-refractivity contribution in [1.82, 2.24) is 4.31 Å². The Hall–Kier alpha value is -3.14. The van der Waals surface area contributed by atoms with E-state index < -0.39 is 46.1 Å². The highest BCUT2D eigenvalue weighted by Crippen LogP contribution is 2.23. The summed E-state index contributed by atoms with van der Waals surface area (Å²) in [5.74, 6) is -2.53. The van der Waals surface area contributed by atoms with Crippen LogP contribution in [0.25, 0.3) is 0 Å². The van der Waals surface area contributed by atoms with Crippen molar-refractivity contribution in [3.05, 3.63) is 100 Å². The molecule has 39 heavy (non-hydrogen) atoms. The molecule has 0 saturated carbocycles. The highest BCUT2D eigenvalue weighted by molar-refractivity contribution is 7.82. The molecule has 0 aliphatic heterocycles. The molecule has 1 amide bonds. The van der Waals surface area contributed by atoms with Gasteiger partial charge in [0, 0.05) is 17.6 Å². The number of esters is 1. The molecular formula is C29H31ClF2N2O4S. The molecule has 2 atom stereocenters. The van der Waals surface area contributed by atoms with Crippen molar-refractivity contribution in [3.63, 3.8) is 0 Å². The molecule has 3 aromatic carbocycles. The van der Waals surface area contributed by atoms with Crippen molar-refractivity contribution in [2.75, 3.05) is 0 Å². The lowest BCUT2D eigenvalue weighted by Gasteiger charge is -2.28. The maximum absolute atomic E-state index is 13.7. The van der Waals surface area contributed by atoms with Crippen LogP contribution in [-0.2, 0) is 33.5 Å². The van der Waals surface area contributed by atoms with E-state index in [-0.39, 0.29) is 13.0 Å². The Balaban J connectivity index is 1.84.